The van der Waals surface area contributed by atoms with Gasteiger partial charge in [0.05, 0.1) is 92.5 Å². The highest BCUT2D eigenvalue weighted by Gasteiger charge is 2.01. The summed E-state index contributed by atoms with van der Waals surface area (Å²) in [5.74, 6) is -1.31. The van der Waals surface area contributed by atoms with Crippen molar-refractivity contribution in [1.29, 1.82) is 0 Å². The lowest BCUT2D eigenvalue weighted by Crippen LogP contribution is -2.15. The standard InChI is InChI=1S/2C18H36O2.7C3H8O3/c2*1-2-3-4-5-6-7-8-9-10-11-12-13-14-15-16-17-18(19)20;7*4-1-3(6)2-5/h2*2-17H2,1H3,(H,19,20);7*3-6H,1-2H2. The maximum atomic E-state index is 10.3. The van der Waals surface area contributed by atoms with Gasteiger partial charge in [-0.2, -0.15) is 0 Å². The molecule has 0 aromatic carbocycles. The number of carboxylic acid groups (broad SMARTS) is 2. The Morgan fingerprint density at radius 3 is 0.378 bits per heavy atom. The summed E-state index contributed by atoms with van der Waals surface area (Å²) in [6.07, 6.45) is 33.7. The first-order valence-electron chi connectivity index (χ1n) is 29.9. The van der Waals surface area contributed by atoms with Crippen LogP contribution in [0.2, 0.25) is 0 Å². The van der Waals surface area contributed by atoms with Gasteiger partial charge in [0.1, 0.15) is 42.7 Å². The molecule has 0 rings (SSSR count). The van der Waals surface area contributed by atoms with Crippen LogP contribution in [0.15, 0.2) is 0 Å². The zero-order chi connectivity index (χ0) is 64.7. The molecule has 0 fully saturated rings. The Balaban J connectivity index is -0.000000112. The molecular weight excluding hydrogens is 1080 g/mol. The molecule has 23 N–H and O–H groups in total. The van der Waals surface area contributed by atoms with E-state index < -0.39 is 54.7 Å². The fourth-order valence-corrected chi connectivity index (χ4v) is 5.70. The van der Waals surface area contributed by atoms with Crippen LogP contribution in [0.3, 0.4) is 0 Å². The molecule has 506 valence electrons. The van der Waals surface area contributed by atoms with E-state index in [0.29, 0.717) is 12.8 Å². The Morgan fingerprint density at radius 1 is 0.207 bits per heavy atom. The smallest absolute Gasteiger partial charge is 0.303 e. The van der Waals surface area contributed by atoms with E-state index in [9.17, 15) is 9.59 Å². The van der Waals surface area contributed by atoms with Crippen LogP contribution in [0.5, 0.6) is 0 Å². The van der Waals surface area contributed by atoms with Crippen molar-refractivity contribution < 1.29 is 127 Å². The van der Waals surface area contributed by atoms with Crippen molar-refractivity contribution in [1.82, 2.24) is 0 Å². The largest absolute Gasteiger partial charge is 0.481 e. The van der Waals surface area contributed by atoms with Crippen molar-refractivity contribution >= 4 is 11.9 Å². The Bertz CT molecular complexity index is 890. The summed E-state index contributed by atoms with van der Waals surface area (Å²) >= 11 is 0. The molecule has 0 aromatic heterocycles. The molecule has 0 aliphatic rings. The normalized spacial score (nSPS) is 10.4. The SMILES string of the molecule is CCCCCCCCCCCCCCCCCC(=O)O.CCCCCCCCCCCCCCCCCC(=O)O.OCC(O)CO.OCC(O)CO.OCC(O)CO.OCC(O)CO.OCC(O)CO.OCC(O)CO.OCC(O)CO. The lowest BCUT2D eigenvalue weighted by Gasteiger charge is -2.03. The van der Waals surface area contributed by atoms with Gasteiger partial charge in [-0.1, -0.05) is 194 Å². The third-order valence-corrected chi connectivity index (χ3v) is 10.9. The van der Waals surface area contributed by atoms with Crippen LogP contribution in [0.1, 0.15) is 219 Å². The fraction of sp³-hybridized carbons (Fsp3) is 0.965. The number of hydrogen-bond donors (Lipinski definition) is 23. The fourth-order valence-electron chi connectivity index (χ4n) is 5.70. The van der Waals surface area contributed by atoms with E-state index in [4.69, 9.17) is 117 Å². The van der Waals surface area contributed by atoms with Gasteiger partial charge in [-0.15, -0.1) is 0 Å². The lowest BCUT2D eigenvalue weighted by atomic mass is 10.0. The molecule has 25 heteroatoms. The minimum atomic E-state index is -0.954. The van der Waals surface area contributed by atoms with Crippen molar-refractivity contribution in [3.63, 3.8) is 0 Å². The summed E-state index contributed by atoms with van der Waals surface area (Å²) < 4.78 is 0. The molecule has 0 amide bonds. The summed E-state index contributed by atoms with van der Waals surface area (Å²) in [5, 5.41) is 185. The molecule has 0 heterocycles. The average Bonchev–Trinajstić information content (AvgIpc) is 3.50. The van der Waals surface area contributed by atoms with Gasteiger partial charge in [0.25, 0.3) is 0 Å². The molecule has 0 aliphatic carbocycles. The number of unbranched alkanes of at least 4 members (excludes halogenated alkanes) is 28. The van der Waals surface area contributed by atoms with Crippen molar-refractivity contribution in [2.45, 2.75) is 262 Å². The second-order valence-corrected chi connectivity index (χ2v) is 19.3. The molecule has 0 saturated carbocycles. The number of rotatable bonds is 46. The summed E-state index contributed by atoms with van der Waals surface area (Å²) in [7, 11) is 0. The maximum Gasteiger partial charge on any atom is 0.303 e. The summed E-state index contributed by atoms with van der Waals surface area (Å²) in [6.45, 7) is -0.564. The van der Waals surface area contributed by atoms with Crippen molar-refractivity contribution in [2.75, 3.05) is 92.5 Å². The summed E-state index contributed by atoms with van der Waals surface area (Å²) in [6, 6.07) is 0. The molecule has 0 radical (unpaired) electrons. The van der Waals surface area contributed by atoms with Gasteiger partial charge in [-0.3, -0.25) is 9.59 Å². The van der Waals surface area contributed by atoms with E-state index >= 15 is 0 Å². The molecular formula is C57H128O25. The minimum Gasteiger partial charge on any atom is -0.481 e. The van der Waals surface area contributed by atoms with Crippen molar-refractivity contribution in [3.05, 3.63) is 0 Å². The molecule has 25 nitrogen and oxygen atoms in total. The minimum absolute atomic E-state index is 0.345. The maximum absolute atomic E-state index is 10.3. The van der Waals surface area contributed by atoms with Gasteiger partial charge in [-0.25, -0.2) is 0 Å². The molecule has 0 unspecified atom stereocenters. The van der Waals surface area contributed by atoms with Gasteiger partial charge in [0.2, 0.25) is 0 Å². The van der Waals surface area contributed by atoms with E-state index in [2.05, 4.69) is 13.8 Å². The van der Waals surface area contributed by atoms with Crippen molar-refractivity contribution in [3.8, 4) is 0 Å². The third kappa shape index (κ3) is 129. The molecule has 0 spiro atoms. The van der Waals surface area contributed by atoms with Gasteiger partial charge in [-0.05, 0) is 12.8 Å². The van der Waals surface area contributed by atoms with Crippen LogP contribution >= 0.6 is 0 Å². The van der Waals surface area contributed by atoms with Crippen LogP contribution in [0.25, 0.3) is 0 Å². The summed E-state index contributed by atoms with van der Waals surface area (Å²) in [4.78, 5) is 20.7. The second kappa shape index (κ2) is 95.4. The van der Waals surface area contributed by atoms with Crippen LogP contribution in [0, 0.1) is 0 Å². The quantitative estimate of drug-likeness (QED) is 0.0378. The Morgan fingerprint density at radius 2 is 0.305 bits per heavy atom. The molecule has 0 aromatic rings. The number of aliphatic hydroxyl groups is 21. The van der Waals surface area contributed by atoms with Gasteiger partial charge < -0.3 is 117 Å². The molecule has 0 atom stereocenters. The Kier molecular flexibility index (Phi) is 115. The number of hydrogen-bond acceptors (Lipinski definition) is 23. The van der Waals surface area contributed by atoms with Gasteiger partial charge >= 0.3 is 11.9 Å². The van der Waals surface area contributed by atoms with E-state index in [1.165, 1.54) is 167 Å². The highest BCUT2D eigenvalue weighted by atomic mass is 16.4. The van der Waals surface area contributed by atoms with Gasteiger partial charge in [0, 0.05) is 12.8 Å². The zero-order valence-electron chi connectivity index (χ0n) is 50.7. The molecule has 0 saturated heterocycles. The van der Waals surface area contributed by atoms with E-state index in [1.54, 1.807) is 0 Å². The average molecular weight is 1210 g/mol. The second-order valence-electron chi connectivity index (χ2n) is 19.3. The molecule has 82 heavy (non-hydrogen) atoms. The number of aliphatic carboxylic acids is 2. The van der Waals surface area contributed by atoms with Gasteiger partial charge in [0.15, 0.2) is 0 Å². The predicted octanol–water partition coefficient (Wildman–Crippen LogP) is 0.988. The van der Waals surface area contributed by atoms with E-state index in [-0.39, 0.29) is 92.5 Å². The first kappa shape index (κ1) is 99.1. The lowest BCUT2D eigenvalue weighted by molar-refractivity contribution is -0.138. The van der Waals surface area contributed by atoms with E-state index in [1.807, 2.05) is 0 Å². The monoisotopic (exact) mass is 1210 g/mol. The van der Waals surface area contributed by atoms with Crippen LogP contribution in [-0.2, 0) is 9.59 Å². The van der Waals surface area contributed by atoms with Crippen LogP contribution in [0.4, 0.5) is 0 Å². The first-order chi connectivity index (χ1) is 39.2. The van der Waals surface area contributed by atoms with Crippen LogP contribution in [-0.4, -0.2) is 265 Å². The first-order valence-corrected chi connectivity index (χ1v) is 29.9. The topological polar surface area (TPSA) is 499 Å². The zero-order valence-corrected chi connectivity index (χ0v) is 50.7. The molecule has 0 bridgehead atoms. The summed E-state index contributed by atoms with van der Waals surface area (Å²) in [5.41, 5.74) is 0. The highest BCUT2D eigenvalue weighted by Crippen LogP contribution is 2.15. The Labute approximate surface area is 492 Å². The number of aliphatic hydroxyl groups excluding tert-OH is 21. The Hall–Kier alpha value is -1.90. The highest BCUT2D eigenvalue weighted by molar-refractivity contribution is 5.66. The third-order valence-electron chi connectivity index (χ3n) is 10.9. The van der Waals surface area contributed by atoms with Crippen LogP contribution < -0.4 is 0 Å². The molecule has 0 aliphatic heterocycles. The number of carboxylic acids is 2. The van der Waals surface area contributed by atoms with Crippen molar-refractivity contribution in [2.24, 2.45) is 0 Å². The predicted molar refractivity (Wildman–Crippen MR) is 316 cm³/mol. The number of carbonyl (C=O) groups is 2. The van der Waals surface area contributed by atoms with E-state index in [0.717, 1.165) is 25.7 Å².